The number of nitrogens with zero attached hydrogens (tertiary/aromatic N) is 2. The van der Waals surface area contributed by atoms with E-state index in [2.05, 4.69) is 39.9 Å². The van der Waals surface area contributed by atoms with Gasteiger partial charge in [0.15, 0.2) is 0 Å². The molecular formula is C25H36N4O3. The number of piperidine rings is 1. The SMILES string of the molecule is C/C=C(CC(=O)N1CCCCC1)\N=C/CC(=O)NCC(O)CNC1Cc2ccccc2C1. The van der Waals surface area contributed by atoms with Crippen LogP contribution in [-0.4, -0.2) is 66.4 Å². The van der Waals surface area contributed by atoms with Crippen molar-refractivity contribution in [2.24, 2.45) is 4.99 Å². The summed E-state index contributed by atoms with van der Waals surface area (Å²) in [5, 5.41) is 16.3. The molecule has 0 aromatic heterocycles. The zero-order valence-corrected chi connectivity index (χ0v) is 19.1. The Hall–Kier alpha value is -2.51. The molecule has 3 N–H and O–H groups in total. The molecule has 1 unspecified atom stereocenters. The molecule has 32 heavy (non-hydrogen) atoms. The van der Waals surface area contributed by atoms with Gasteiger partial charge in [0.05, 0.1) is 18.9 Å². The highest BCUT2D eigenvalue weighted by Gasteiger charge is 2.21. The van der Waals surface area contributed by atoms with Crippen molar-refractivity contribution in [2.45, 2.75) is 64.0 Å². The largest absolute Gasteiger partial charge is 0.390 e. The van der Waals surface area contributed by atoms with Crippen molar-refractivity contribution < 1.29 is 14.7 Å². The molecular weight excluding hydrogens is 404 g/mol. The summed E-state index contributed by atoms with van der Waals surface area (Å²) in [5.74, 6) is -0.0979. The molecule has 7 nitrogen and oxygen atoms in total. The first-order valence-corrected chi connectivity index (χ1v) is 11.8. The number of carbonyl (C=O) groups excluding carboxylic acids is 2. The molecule has 1 aliphatic carbocycles. The molecule has 3 rings (SSSR count). The van der Waals surface area contributed by atoms with E-state index < -0.39 is 6.10 Å². The lowest BCUT2D eigenvalue weighted by Gasteiger charge is -2.26. The smallest absolute Gasteiger partial charge is 0.228 e. The van der Waals surface area contributed by atoms with Gasteiger partial charge in [-0.25, -0.2) is 0 Å². The molecule has 2 amide bonds. The third-order valence-corrected chi connectivity index (χ3v) is 6.14. The van der Waals surface area contributed by atoms with Crippen LogP contribution < -0.4 is 10.6 Å². The predicted octanol–water partition coefficient (Wildman–Crippen LogP) is 1.99. The number of carbonyl (C=O) groups is 2. The minimum atomic E-state index is -0.645. The highest BCUT2D eigenvalue weighted by atomic mass is 16.3. The van der Waals surface area contributed by atoms with E-state index in [4.69, 9.17) is 0 Å². The fraction of sp³-hybridized carbons (Fsp3) is 0.560. The highest BCUT2D eigenvalue weighted by molar-refractivity contribution is 5.90. The fourth-order valence-electron chi connectivity index (χ4n) is 4.26. The lowest BCUT2D eigenvalue weighted by Crippen LogP contribution is -2.41. The molecule has 1 fully saturated rings. The summed E-state index contributed by atoms with van der Waals surface area (Å²) in [6.07, 6.45) is 8.35. The summed E-state index contributed by atoms with van der Waals surface area (Å²) in [5.41, 5.74) is 3.41. The van der Waals surface area contributed by atoms with Gasteiger partial charge in [-0.1, -0.05) is 30.3 Å². The van der Waals surface area contributed by atoms with Crippen molar-refractivity contribution in [3.8, 4) is 0 Å². The van der Waals surface area contributed by atoms with E-state index >= 15 is 0 Å². The van der Waals surface area contributed by atoms with Crippen LogP contribution in [0.25, 0.3) is 0 Å². The van der Waals surface area contributed by atoms with Gasteiger partial charge in [0, 0.05) is 44.1 Å². The number of benzene rings is 1. The topological polar surface area (TPSA) is 94.0 Å². The number of nitrogens with one attached hydrogen (secondary N) is 2. The lowest BCUT2D eigenvalue weighted by atomic mass is 10.1. The molecule has 1 aromatic rings. The first-order valence-electron chi connectivity index (χ1n) is 11.8. The Labute approximate surface area is 191 Å². The second-order valence-electron chi connectivity index (χ2n) is 8.65. The lowest BCUT2D eigenvalue weighted by molar-refractivity contribution is -0.131. The zero-order chi connectivity index (χ0) is 22.8. The van der Waals surface area contributed by atoms with Crippen LogP contribution in [0.4, 0.5) is 0 Å². The van der Waals surface area contributed by atoms with Gasteiger partial charge in [-0.05, 0) is 50.2 Å². The number of fused-ring (bicyclic) bond motifs is 1. The van der Waals surface area contributed by atoms with Gasteiger partial charge in [0.1, 0.15) is 0 Å². The number of aliphatic hydroxyl groups excluding tert-OH is 1. The molecule has 2 aliphatic rings. The predicted molar refractivity (Wildman–Crippen MR) is 127 cm³/mol. The number of likely N-dealkylation sites (tertiary alicyclic amines) is 1. The van der Waals surface area contributed by atoms with Crippen molar-refractivity contribution >= 4 is 18.0 Å². The van der Waals surface area contributed by atoms with Gasteiger partial charge < -0.3 is 20.6 Å². The second kappa shape index (κ2) is 12.5. The quantitative estimate of drug-likeness (QED) is 0.485. The number of rotatable bonds is 10. The molecule has 0 radical (unpaired) electrons. The molecule has 7 heteroatoms. The second-order valence-corrected chi connectivity index (χ2v) is 8.65. The van der Waals surface area contributed by atoms with Gasteiger partial charge in [-0.15, -0.1) is 0 Å². The van der Waals surface area contributed by atoms with Crippen molar-refractivity contribution in [2.75, 3.05) is 26.2 Å². The molecule has 174 valence electrons. The van der Waals surface area contributed by atoms with Crippen LogP contribution in [0.2, 0.25) is 0 Å². The molecule has 1 heterocycles. The van der Waals surface area contributed by atoms with Crippen LogP contribution in [0.3, 0.4) is 0 Å². The monoisotopic (exact) mass is 440 g/mol. The maximum Gasteiger partial charge on any atom is 0.228 e. The Kier molecular flexibility index (Phi) is 9.43. The van der Waals surface area contributed by atoms with E-state index in [9.17, 15) is 14.7 Å². The van der Waals surface area contributed by atoms with Gasteiger partial charge in [0.2, 0.25) is 11.8 Å². The Morgan fingerprint density at radius 3 is 2.50 bits per heavy atom. The number of hydrogen-bond donors (Lipinski definition) is 3. The van der Waals surface area contributed by atoms with Crippen molar-refractivity contribution in [1.29, 1.82) is 0 Å². The van der Waals surface area contributed by atoms with Crippen LogP contribution in [0.5, 0.6) is 0 Å². The summed E-state index contributed by atoms with van der Waals surface area (Å²) < 4.78 is 0. The van der Waals surface area contributed by atoms with Crippen molar-refractivity contribution in [3.63, 3.8) is 0 Å². The van der Waals surface area contributed by atoms with Gasteiger partial charge in [-0.2, -0.15) is 0 Å². The Morgan fingerprint density at radius 2 is 1.84 bits per heavy atom. The van der Waals surface area contributed by atoms with E-state index in [0.29, 0.717) is 18.3 Å². The summed E-state index contributed by atoms with van der Waals surface area (Å²) in [4.78, 5) is 30.6. The molecule has 1 saturated heterocycles. The number of amides is 2. The number of aliphatic hydroxyl groups is 1. The van der Waals surface area contributed by atoms with E-state index in [1.807, 2.05) is 17.9 Å². The van der Waals surface area contributed by atoms with Gasteiger partial charge >= 0.3 is 0 Å². The minimum Gasteiger partial charge on any atom is -0.390 e. The van der Waals surface area contributed by atoms with E-state index in [1.54, 1.807) is 0 Å². The van der Waals surface area contributed by atoms with Crippen LogP contribution in [0.15, 0.2) is 41.0 Å². The number of aliphatic imine (C=N–C) groups is 1. The summed E-state index contributed by atoms with van der Waals surface area (Å²) >= 11 is 0. The first-order chi connectivity index (χ1) is 15.5. The van der Waals surface area contributed by atoms with E-state index in [1.165, 1.54) is 23.8 Å². The molecule has 1 aliphatic heterocycles. The van der Waals surface area contributed by atoms with E-state index in [-0.39, 0.29) is 31.2 Å². The first kappa shape index (κ1) is 24.1. The third kappa shape index (κ3) is 7.57. The molecule has 1 atom stereocenters. The maximum atomic E-state index is 12.4. The maximum absolute atomic E-state index is 12.4. The van der Waals surface area contributed by atoms with Gasteiger partial charge in [-0.3, -0.25) is 14.6 Å². The van der Waals surface area contributed by atoms with Crippen molar-refractivity contribution in [3.05, 3.63) is 47.2 Å². The van der Waals surface area contributed by atoms with Crippen molar-refractivity contribution in [1.82, 2.24) is 15.5 Å². The van der Waals surface area contributed by atoms with Crippen LogP contribution >= 0.6 is 0 Å². The Balaban J connectivity index is 1.30. The van der Waals surface area contributed by atoms with Crippen LogP contribution in [-0.2, 0) is 22.4 Å². The summed E-state index contributed by atoms with van der Waals surface area (Å²) in [6.45, 7) is 4.14. The van der Waals surface area contributed by atoms with Crippen LogP contribution in [0.1, 0.15) is 50.2 Å². The minimum absolute atomic E-state index is 0.0976. The van der Waals surface area contributed by atoms with Crippen LogP contribution in [0, 0.1) is 0 Å². The number of allylic oxidation sites excluding steroid dienone is 1. The Bertz CT molecular complexity index is 805. The van der Waals surface area contributed by atoms with Gasteiger partial charge in [0.25, 0.3) is 0 Å². The van der Waals surface area contributed by atoms with E-state index in [0.717, 1.165) is 38.8 Å². The standard InChI is InChI=1S/C25H36N4O3/c1-2-21(16-25(32)29-12-6-3-7-13-29)26-11-10-24(31)28-18-23(30)17-27-22-14-19-8-4-5-9-20(19)15-22/h2,4-5,8-9,11,22-23,27,30H,3,6-7,10,12-18H2,1H3,(H,28,31)/b21-2-,26-11-. The third-order valence-electron chi connectivity index (χ3n) is 6.14. The zero-order valence-electron chi connectivity index (χ0n) is 19.1. The molecule has 0 bridgehead atoms. The summed E-state index contributed by atoms with van der Waals surface area (Å²) in [6, 6.07) is 8.74. The fourth-order valence-corrected chi connectivity index (χ4v) is 4.26. The molecule has 0 spiro atoms. The number of hydrogen-bond acceptors (Lipinski definition) is 5. The summed E-state index contributed by atoms with van der Waals surface area (Å²) in [7, 11) is 0. The Morgan fingerprint density at radius 1 is 1.16 bits per heavy atom. The molecule has 1 aromatic carbocycles. The average Bonchev–Trinajstić information content (AvgIpc) is 3.24. The average molecular weight is 441 g/mol. The molecule has 0 saturated carbocycles. The normalized spacial score (nSPS) is 18.1. The highest BCUT2D eigenvalue weighted by Crippen LogP contribution is 2.21.